The van der Waals surface area contributed by atoms with Crippen LogP contribution in [0.5, 0.6) is 11.5 Å². The van der Waals surface area contributed by atoms with E-state index in [9.17, 15) is 8.78 Å². The van der Waals surface area contributed by atoms with E-state index < -0.39 is 6.29 Å². The highest BCUT2D eigenvalue weighted by molar-refractivity contribution is 5.73. The fourth-order valence-electron chi connectivity index (χ4n) is 3.33. The van der Waals surface area contributed by atoms with Crippen LogP contribution in [0.25, 0.3) is 11.1 Å². The Morgan fingerprint density at radius 3 is 2.52 bits per heavy atom. The Balaban J connectivity index is 1.51. The molecule has 1 saturated carbocycles. The molecule has 0 radical (unpaired) electrons. The predicted molar refractivity (Wildman–Crippen MR) is 88.7 cm³/mol. The van der Waals surface area contributed by atoms with Crippen molar-refractivity contribution in [2.75, 3.05) is 5.32 Å². The lowest BCUT2D eigenvalue weighted by atomic mass is 9.87. The number of para-hydroxylation sites is 1. The number of anilines is 1. The summed E-state index contributed by atoms with van der Waals surface area (Å²) in [5.41, 5.74) is 1.08. The van der Waals surface area contributed by atoms with Gasteiger partial charge in [-0.1, -0.05) is 19.1 Å². The van der Waals surface area contributed by atoms with Crippen LogP contribution in [0.1, 0.15) is 32.6 Å². The molecule has 0 bridgehead atoms. The zero-order valence-electron chi connectivity index (χ0n) is 13.8. The van der Waals surface area contributed by atoms with Crippen molar-refractivity contribution in [3.05, 3.63) is 30.6 Å². The summed E-state index contributed by atoms with van der Waals surface area (Å²) < 4.78 is 35.7. The van der Waals surface area contributed by atoms with Crippen LogP contribution in [0.15, 0.2) is 30.6 Å². The van der Waals surface area contributed by atoms with Crippen LogP contribution in [0.2, 0.25) is 0 Å². The molecule has 7 heteroatoms. The topological polar surface area (TPSA) is 56.3 Å². The van der Waals surface area contributed by atoms with E-state index in [0.29, 0.717) is 23.1 Å². The summed E-state index contributed by atoms with van der Waals surface area (Å²) in [5.74, 6) is 1.36. The molecule has 0 spiro atoms. The molecule has 25 heavy (non-hydrogen) atoms. The van der Waals surface area contributed by atoms with E-state index in [0.717, 1.165) is 18.8 Å². The summed E-state index contributed by atoms with van der Waals surface area (Å²) in [4.78, 5) is 8.65. The highest BCUT2D eigenvalue weighted by Crippen LogP contribution is 2.46. The fourth-order valence-corrected chi connectivity index (χ4v) is 3.33. The Morgan fingerprint density at radius 2 is 1.80 bits per heavy atom. The zero-order chi connectivity index (χ0) is 17.4. The van der Waals surface area contributed by atoms with Crippen molar-refractivity contribution in [2.45, 2.75) is 44.9 Å². The quantitative estimate of drug-likeness (QED) is 0.889. The van der Waals surface area contributed by atoms with Crippen LogP contribution in [0, 0.1) is 5.92 Å². The van der Waals surface area contributed by atoms with Crippen molar-refractivity contribution in [3.63, 3.8) is 0 Å². The lowest BCUT2D eigenvalue weighted by Crippen LogP contribution is -2.26. The maximum atomic E-state index is 13.3. The maximum Gasteiger partial charge on any atom is 0.586 e. The summed E-state index contributed by atoms with van der Waals surface area (Å²) in [6.07, 6.45) is 4.21. The number of rotatable bonds is 3. The second kappa shape index (κ2) is 6.13. The molecule has 1 aromatic carbocycles. The molecule has 4 rings (SSSR count). The van der Waals surface area contributed by atoms with Crippen LogP contribution >= 0.6 is 0 Å². The standard InChI is InChI=1S/C18H19F2N3O2/c1-11-5-7-13(8-6-11)23-17-21-9-12(10-22-17)14-3-2-4-15-16(14)25-18(19,20)24-15/h2-4,9-11,13H,5-8H2,1H3,(H,21,22,23). The molecule has 5 nitrogen and oxygen atoms in total. The van der Waals surface area contributed by atoms with Crippen molar-refractivity contribution in [1.82, 2.24) is 9.97 Å². The van der Waals surface area contributed by atoms with Gasteiger partial charge in [-0.15, -0.1) is 8.78 Å². The van der Waals surface area contributed by atoms with E-state index in [1.54, 1.807) is 24.5 Å². The molecular weight excluding hydrogens is 328 g/mol. The second-order valence-electron chi connectivity index (χ2n) is 6.70. The van der Waals surface area contributed by atoms with Gasteiger partial charge in [-0.05, 0) is 37.7 Å². The lowest BCUT2D eigenvalue weighted by Gasteiger charge is -2.26. The van der Waals surface area contributed by atoms with Gasteiger partial charge in [-0.3, -0.25) is 0 Å². The maximum absolute atomic E-state index is 13.3. The van der Waals surface area contributed by atoms with Gasteiger partial charge in [0.2, 0.25) is 5.95 Å². The molecule has 1 aromatic heterocycles. The molecule has 0 atom stereocenters. The van der Waals surface area contributed by atoms with Crippen molar-refractivity contribution in [3.8, 4) is 22.6 Å². The Kier molecular flexibility index (Phi) is 3.94. The third kappa shape index (κ3) is 3.36. The Hall–Kier alpha value is -2.44. The van der Waals surface area contributed by atoms with Gasteiger partial charge in [0.05, 0.1) is 0 Å². The molecule has 2 aliphatic rings. The molecule has 1 aliphatic heterocycles. The largest absolute Gasteiger partial charge is 0.586 e. The second-order valence-corrected chi connectivity index (χ2v) is 6.70. The first-order valence-corrected chi connectivity index (χ1v) is 8.48. The normalized spacial score (nSPS) is 24.1. The predicted octanol–water partition coefficient (Wildman–Crippen LogP) is 4.46. The van der Waals surface area contributed by atoms with Crippen molar-refractivity contribution in [2.24, 2.45) is 5.92 Å². The summed E-state index contributed by atoms with van der Waals surface area (Å²) in [5, 5.41) is 3.35. The first-order valence-electron chi connectivity index (χ1n) is 8.48. The molecule has 2 heterocycles. The average Bonchev–Trinajstić information content (AvgIpc) is 2.91. The Bertz CT molecular complexity index is 759. The number of alkyl halides is 2. The number of hydrogen-bond acceptors (Lipinski definition) is 5. The molecule has 2 aromatic rings. The van der Waals surface area contributed by atoms with Gasteiger partial charge in [0, 0.05) is 29.6 Å². The number of fused-ring (bicyclic) bond motifs is 1. The first kappa shape index (κ1) is 16.1. The third-order valence-electron chi connectivity index (χ3n) is 4.74. The Labute approximate surface area is 144 Å². The minimum Gasteiger partial charge on any atom is -0.395 e. The minimum absolute atomic E-state index is 0.0121. The van der Waals surface area contributed by atoms with E-state index in [-0.39, 0.29) is 11.5 Å². The molecule has 1 aliphatic carbocycles. The van der Waals surface area contributed by atoms with E-state index in [4.69, 9.17) is 0 Å². The number of halogens is 2. The van der Waals surface area contributed by atoms with E-state index in [1.165, 1.54) is 18.9 Å². The van der Waals surface area contributed by atoms with Gasteiger partial charge in [0.1, 0.15) is 0 Å². The molecule has 1 N–H and O–H groups in total. The average molecular weight is 347 g/mol. The van der Waals surface area contributed by atoms with Gasteiger partial charge in [0.15, 0.2) is 11.5 Å². The van der Waals surface area contributed by atoms with Crippen LogP contribution in [-0.2, 0) is 0 Å². The number of nitrogens with one attached hydrogen (secondary N) is 1. The molecule has 0 unspecified atom stereocenters. The lowest BCUT2D eigenvalue weighted by molar-refractivity contribution is -0.286. The van der Waals surface area contributed by atoms with Gasteiger partial charge in [-0.2, -0.15) is 0 Å². The zero-order valence-corrected chi connectivity index (χ0v) is 13.8. The SMILES string of the molecule is CC1CCC(Nc2ncc(-c3cccc4c3OC(F)(F)O4)cn2)CC1. The Morgan fingerprint density at radius 1 is 1.08 bits per heavy atom. The van der Waals surface area contributed by atoms with E-state index in [1.807, 2.05) is 0 Å². The van der Waals surface area contributed by atoms with Gasteiger partial charge in [0.25, 0.3) is 0 Å². The van der Waals surface area contributed by atoms with Gasteiger partial charge >= 0.3 is 6.29 Å². The van der Waals surface area contributed by atoms with Crippen LogP contribution in [-0.4, -0.2) is 22.3 Å². The number of aromatic nitrogens is 2. The molecule has 0 amide bonds. The molecule has 1 fully saturated rings. The number of benzene rings is 1. The summed E-state index contributed by atoms with van der Waals surface area (Å²) >= 11 is 0. The summed E-state index contributed by atoms with van der Waals surface area (Å²) in [6.45, 7) is 2.27. The number of ether oxygens (including phenoxy) is 2. The van der Waals surface area contributed by atoms with Crippen LogP contribution in [0.4, 0.5) is 14.7 Å². The van der Waals surface area contributed by atoms with E-state index >= 15 is 0 Å². The monoisotopic (exact) mass is 347 g/mol. The smallest absolute Gasteiger partial charge is 0.395 e. The minimum atomic E-state index is -3.64. The van der Waals surface area contributed by atoms with Crippen LogP contribution < -0.4 is 14.8 Å². The summed E-state index contributed by atoms with van der Waals surface area (Å²) in [7, 11) is 0. The van der Waals surface area contributed by atoms with E-state index in [2.05, 4.69) is 31.7 Å². The summed E-state index contributed by atoms with van der Waals surface area (Å²) in [6, 6.07) is 5.14. The highest BCUT2D eigenvalue weighted by Gasteiger charge is 2.44. The van der Waals surface area contributed by atoms with Crippen LogP contribution in [0.3, 0.4) is 0 Å². The van der Waals surface area contributed by atoms with Crippen molar-refractivity contribution >= 4 is 5.95 Å². The highest BCUT2D eigenvalue weighted by atomic mass is 19.3. The fraction of sp³-hybridized carbons (Fsp3) is 0.444. The van der Waals surface area contributed by atoms with Gasteiger partial charge in [-0.25, -0.2) is 9.97 Å². The van der Waals surface area contributed by atoms with Gasteiger partial charge < -0.3 is 14.8 Å². The molecule has 0 saturated heterocycles. The third-order valence-corrected chi connectivity index (χ3v) is 4.74. The number of hydrogen-bond donors (Lipinski definition) is 1. The van der Waals surface area contributed by atoms with Crippen molar-refractivity contribution in [1.29, 1.82) is 0 Å². The molecular formula is C18H19F2N3O2. The van der Waals surface area contributed by atoms with Crippen molar-refractivity contribution < 1.29 is 18.3 Å². The first-order chi connectivity index (χ1) is 12.0. The number of nitrogens with zero attached hydrogens (tertiary/aromatic N) is 2. The molecule has 132 valence electrons.